The third-order valence-corrected chi connectivity index (χ3v) is 4.49. The van der Waals surface area contributed by atoms with Gasteiger partial charge in [-0.15, -0.1) is 12.4 Å². The van der Waals surface area contributed by atoms with Gasteiger partial charge in [-0.2, -0.15) is 4.98 Å². The number of rotatable bonds is 5. The van der Waals surface area contributed by atoms with Crippen LogP contribution in [0, 0.1) is 0 Å². The van der Waals surface area contributed by atoms with Crippen LogP contribution in [-0.4, -0.2) is 52.8 Å². The first-order valence-corrected chi connectivity index (χ1v) is 8.74. The lowest BCUT2D eigenvalue weighted by atomic mass is 10.1. The SMILES string of the molecule is CN1CCNCC1c1noc(CNC(=O)c2cc(-c3ccccc3)on2)n1.Cl. The number of nitrogens with one attached hydrogen (secondary N) is 2. The molecule has 1 aromatic carbocycles. The van der Waals surface area contributed by atoms with Gasteiger partial charge in [-0.25, -0.2) is 0 Å². The zero-order valence-corrected chi connectivity index (χ0v) is 16.1. The van der Waals surface area contributed by atoms with Gasteiger partial charge in [-0.1, -0.05) is 40.6 Å². The van der Waals surface area contributed by atoms with Crippen molar-refractivity contribution in [2.45, 2.75) is 12.6 Å². The van der Waals surface area contributed by atoms with Gasteiger partial charge in [0, 0.05) is 31.3 Å². The van der Waals surface area contributed by atoms with Crippen LogP contribution in [0.3, 0.4) is 0 Å². The monoisotopic (exact) mass is 404 g/mol. The summed E-state index contributed by atoms with van der Waals surface area (Å²) in [4.78, 5) is 18.8. The van der Waals surface area contributed by atoms with Gasteiger partial charge >= 0.3 is 0 Å². The van der Waals surface area contributed by atoms with Crippen molar-refractivity contribution >= 4 is 18.3 Å². The number of amides is 1. The van der Waals surface area contributed by atoms with Crippen molar-refractivity contribution in [3.63, 3.8) is 0 Å². The molecule has 148 valence electrons. The van der Waals surface area contributed by atoms with E-state index in [0.717, 1.165) is 25.2 Å². The number of nitrogens with zero attached hydrogens (tertiary/aromatic N) is 4. The van der Waals surface area contributed by atoms with Crippen LogP contribution in [0.5, 0.6) is 0 Å². The van der Waals surface area contributed by atoms with Gasteiger partial charge in [0.25, 0.3) is 5.91 Å². The van der Waals surface area contributed by atoms with E-state index in [1.165, 1.54) is 0 Å². The van der Waals surface area contributed by atoms with Gasteiger partial charge in [0.1, 0.15) is 0 Å². The van der Waals surface area contributed by atoms with Gasteiger partial charge in [0.2, 0.25) is 5.89 Å². The Bertz CT molecular complexity index is 913. The highest BCUT2D eigenvalue weighted by atomic mass is 35.5. The number of aromatic nitrogens is 3. The molecule has 0 aliphatic carbocycles. The summed E-state index contributed by atoms with van der Waals surface area (Å²) in [6.45, 7) is 2.75. The summed E-state index contributed by atoms with van der Waals surface area (Å²) in [5, 5.41) is 13.9. The zero-order valence-electron chi connectivity index (χ0n) is 15.3. The molecule has 1 aliphatic heterocycles. The lowest BCUT2D eigenvalue weighted by molar-refractivity contribution is 0.0937. The first kappa shape index (κ1) is 20.0. The summed E-state index contributed by atoms with van der Waals surface area (Å²) in [6, 6.07) is 11.1. The summed E-state index contributed by atoms with van der Waals surface area (Å²) in [7, 11) is 2.03. The Morgan fingerprint density at radius 2 is 2.11 bits per heavy atom. The Morgan fingerprint density at radius 3 is 2.89 bits per heavy atom. The van der Waals surface area contributed by atoms with Gasteiger partial charge < -0.3 is 19.7 Å². The predicted octanol–water partition coefficient (Wildman–Crippen LogP) is 1.65. The average molecular weight is 405 g/mol. The summed E-state index contributed by atoms with van der Waals surface area (Å²) < 4.78 is 10.5. The summed E-state index contributed by atoms with van der Waals surface area (Å²) >= 11 is 0. The van der Waals surface area contributed by atoms with E-state index in [1.807, 2.05) is 37.4 Å². The molecule has 0 bridgehead atoms. The second-order valence-corrected chi connectivity index (χ2v) is 6.37. The largest absolute Gasteiger partial charge is 0.355 e. The zero-order chi connectivity index (χ0) is 18.6. The molecule has 10 heteroatoms. The van der Waals surface area contributed by atoms with Crippen molar-refractivity contribution in [2.75, 3.05) is 26.7 Å². The Labute approximate surface area is 167 Å². The number of piperazine rings is 1. The number of hydrogen-bond donors (Lipinski definition) is 2. The lowest BCUT2D eigenvalue weighted by Crippen LogP contribution is -2.44. The minimum absolute atomic E-state index is 0. The lowest BCUT2D eigenvalue weighted by Gasteiger charge is -2.30. The first-order valence-electron chi connectivity index (χ1n) is 8.74. The van der Waals surface area contributed by atoms with Crippen LogP contribution in [-0.2, 0) is 6.54 Å². The van der Waals surface area contributed by atoms with Crippen molar-refractivity contribution in [3.05, 3.63) is 53.8 Å². The fourth-order valence-electron chi connectivity index (χ4n) is 2.94. The Hall–Kier alpha value is -2.75. The number of likely N-dealkylation sites (N-methyl/N-ethyl adjacent to an activating group) is 1. The van der Waals surface area contributed by atoms with Crippen molar-refractivity contribution < 1.29 is 13.8 Å². The molecule has 1 unspecified atom stereocenters. The molecule has 2 N–H and O–H groups in total. The minimum atomic E-state index is -0.364. The maximum absolute atomic E-state index is 12.3. The Balaban J connectivity index is 0.00000225. The maximum atomic E-state index is 12.3. The molecule has 28 heavy (non-hydrogen) atoms. The Kier molecular flexibility index (Phi) is 6.40. The van der Waals surface area contributed by atoms with E-state index in [1.54, 1.807) is 6.07 Å². The fourth-order valence-corrected chi connectivity index (χ4v) is 2.94. The van der Waals surface area contributed by atoms with Gasteiger partial charge in [0.05, 0.1) is 12.6 Å². The maximum Gasteiger partial charge on any atom is 0.273 e. The van der Waals surface area contributed by atoms with E-state index in [-0.39, 0.29) is 36.6 Å². The van der Waals surface area contributed by atoms with Crippen LogP contribution in [0.15, 0.2) is 45.4 Å². The highest BCUT2D eigenvalue weighted by molar-refractivity contribution is 5.92. The van der Waals surface area contributed by atoms with Crippen LogP contribution < -0.4 is 10.6 Å². The fraction of sp³-hybridized carbons (Fsp3) is 0.333. The highest BCUT2D eigenvalue weighted by Gasteiger charge is 2.25. The molecule has 3 heterocycles. The minimum Gasteiger partial charge on any atom is -0.355 e. The van der Waals surface area contributed by atoms with Crippen LogP contribution in [0.2, 0.25) is 0 Å². The molecular formula is C18H21ClN6O3. The molecule has 0 radical (unpaired) electrons. The van der Waals surface area contributed by atoms with Crippen LogP contribution >= 0.6 is 12.4 Å². The molecule has 3 aromatic rings. The van der Waals surface area contributed by atoms with Crippen LogP contribution in [0.25, 0.3) is 11.3 Å². The van der Waals surface area contributed by atoms with Crippen LogP contribution in [0.4, 0.5) is 0 Å². The van der Waals surface area contributed by atoms with E-state index >= 15 is 0 Å². The molecule has 9 nitrogen and oxygen atoms in total. The van der Waals surface area contributed by atoms with Gasteiger partial charge in [0.15, 0.2) is 17.3 Å². The van der Waals surface area contributed by atoms with Crippen LogP contribution in [0.1, 0.15) is 28.2 Å². The third-order valence-electron chi connectivity index (χ3n) is 4.49. The number of carbonyl (C=O) groups excluding carboxylic acids is 1. The van der Waals surface area contributed by atoms with E-state index in [2.05, 4.69) is 30.8 Å². The molecular weight excluding hydrogens is 384 g/mol. The van der Waals surface area contributed by atoms with Crippen molar-refractivity contribution in [2.24, 2.45) is 0 Å². The van der Waals surface area contributed by atoms with Crippen molar-refractivity contribution in [1.29, 1.82) is 0 Å². The summed E-state index contributed by atoms with van der Waals surface area (Å²) in [5.74, 6) is 1.14. The van der Waals surface area contributed by atoms with Gasteiger partial charge in [-0.3, -0.25) is 9.69 Å². The molecule has 2 aromatic heterocycles. The molecule has 1 aliphatic rings. The second kappa shape index (κ2) is 8.96. The normalized spacial score (nSPS) is 17.1. The first-order chi connectivity index (χ1) is 13.2. The average Bonchev–Trinajstić information content (AvgIpc) is 3.37. The molecule has 0 saturated carbocycles. The molecule has 1 saturated heterocycles. The van der Waals surface area contributed by atoms with E-state index in [9.17, 15) is 4.79 Å². The number of hydrogen-bond acceptors (Lipinski definition) is 8. The third kappa shape index (κ3) is 4.38. The summed E-state index contributed by atoms with van der Waals surface area (Å²) in [6.07, 6.45) is 0. The van der Waals surface area contributed by atoms with E-state index in [0.29, 0.717) is 17.5 Å². The van der Waals surface area contributed by atoms with E-state index in [4.69, 9.17) is 9.05 Å². The topological polar surface area (TPSA) is 109 Å². The molecule has 0 spiro atoms. The smallest absolute Gasteiger partial charge is 0.273 e. The van der Waals surface area contributed by atoms with E-state index < -0.39 is 0 Å². The standard InChI is InChI=1S/C18H20N6O3.ClH/c1-24-8-7-19-10-14(24)17-21-16(27-23-17)11-20-18(25)13-9-15(26-22-13)12-5-3-2-4-6-12;/h2-6,9,14,19H,7-8,10-11H2,1H3,(H,20,25);1H. The number of benzene rings is 1. The molecule has 1 fully saturated rings. The molecule has 1 amide bonds. The van der Waals surface area contributed by atoms with Gasteiger partial charge in [-0.05, 0) is 7.05 Å². The predicted molar refractivity (Wildman–Crippen MR) is 103 cm³/mol. The Morgan fingerprint density at radius 1 is 1.29 bits per heavy atom. The highest BCUT2D eigenvalue weighted by Crippen LogP contribution is 2.20. The van der Waals surface area contributed by atoms with Crippen molar-refractivity contribution in [1.82, 2.24) is 30.8 Å². The molecule has 1 atom stereocenters. The van der Waals surface area contributed by atoms with Crippen molar-refractivity contribution in [3.8, 4) is 11.3 Å². The summed E-state index contributed by atoms with van der Waals surface area (Å²) in [5.41, 5.74) is 1.06. The number of carbonyl (C=O) groups is 1. The second-order valence-electron chi connectivity index (χ2n) is 6.37. The molecule has 4 rings (SSSR count). The quantitative estimate of drug-likeness (QED) is 0.660. The number of halogens is 1.